The van der Waals surface area contributed by atoms with Gasteiger partial charge in [-0.3, -0.25) is 9.59 Å². The average molecular weight is 1180 g/mol. The number of carboxylic acid groups (broad SMARTS) is 1. The van der Waals surface area contributed by atoms with Crippen LogP contribution in [0.15, 0.2) is 109 Å². The molecule has 2 saturated heterocycles. The van der Waals surface area contributed by atoms with Gasteiger partial charge in [-0.15, -0.1) is 0 Å². The van der Waals surface area contributed by atoms with Crippen molar-refractivity contribution in [2.75, 3.05) is 33.4 Å². The second kappa shape index (κ2) is 24.2. The average Bonchev–Trinajstić information content (AvgIpc) is 2.86. The summed E-state index contributed by atoms with van der Waals surface area (Å²) in [6, 6.07) is 22.9. The van der Waals surface area contributed by atoms with Gasteiger partial charge in [0.25, 0.3) is 11.8 Å². The molecular weight excluding hydrogens is 1110 g/mol. The van der Waals surface area contributed by atoms with Crippen LogP contribution in [-0.4, -0.2) is 152 Å². The number of cyclic esters (lactones) is 2. The van der Waals surface area contributed by atoms with Crippen molar-refractivity contribution in [1.82, 2.24) is 40.4 Å². The maximum Gasteiger partial charge on any atom is 0.408 e. The molecule has 4 aliphatic rings. The molecule has 4 aliphatic heterocycles. The highest BCUT2D eigenvalue weighted by Gasteiger charge is 2.49. The number of alkyl carbamates (subject to hydrolysis) is 2. The SMILES string of the molecule is CC(C)(C)[C@@H]1NC(=O)OCC(F)(F)/C=C/c2cccc(c2)-c2nc3ccccc3nc2O[C@@H]2C[C@@H](C(=O)O)N(C2)C1=O.COC(=O)[C@@H]1C[C@@H]2CN1C(=O)[C@H](C(C)(C)C)NC(=O)OCC(F)(F)/C=C/c1cccc(c1)-c1nc3ccccc3nc1O2. The Labute approximate surface area is 485 Å². The summed E-state index contributed by atoms with van der Waals surface area (Å²) in [6.45, 7) is 7.40. The van der Waals surface area contributed by atoms with Crippen LogP contribution in [0.3, 0.4) is 0 Å². The molecule has 3 N–H and O–H groups in total. The number of carbonyl (C=O) groups is 6. The minimum absolute atomic E-state index is 0.0310. The van der Waals surface area contributed by atoms with E-state index in [1.807, 2.05) is 12.1 Å². The number of fused-ring (bicyclic) bond motifs is 14. The van der Waals surface area contributed by atoms with E-state index in [0.717, 1.165) is 4.90 Å². The standard InChI is InChI=1S/C31H32F2N4O6.C30H30F2N4O6/c1-30(2,3)25-27(38)37-16-20(15-23(37)28(39)41-4)43-26-24(34-21-10-5-6-11-22(21)35-26)19-9-7-8-18(14-19)12-13-31(32,33)17-42-29(40)36-25;1-29(2,3)24-26(37)36-15-19(14-22(36)27(38)39)42-25-23(33-20-9-4-5-10-21(20)34-25)18-8-6-7-17(13-18)11-12-30(31,32)16-41-28(40)35-24/h5-14,20,23,25H,15-17H2,1-4H3,(H,36,40);4-13,19,22,24H,14-16H2,1-3H3,(H,35,40)(H,38,39)/b13-12+;12-11+/t20-,23+,25-;19-,22+,24-/m11/s1. The summed E-state index contributed by atoms with van der Waals surface area (Å²) in [5.41, 5.74) is 3.11. The second-order valence-electron chi connectivity index (χ2n) is 23.0. The van der Waals surface area contributed by atoms with E-state index >= 15 is 0 Å². The lowest BCUT2D eigenvalue weighted by atomic mass is 9.85. The molecule has 2 aromatic heterocycles. The Kier molecular flexibility index (Phi) is 17.2. The number of alkyl halides is 4. The number of benzene rings is 4. The highest BCUT2D eigenvalue weighted by molar-refractivity contribution is 5.92. The summed E-state index contributed by atoms with van der Waals surface area (Å²) in [4.78, 5) is 99.1. The Morgan fingerprint density at radius 1 is 0.588 bits per heavy atom. The first-order chi connectivity index (χ1) is 40.1. The normalized spacial score (nSPS) is 23.4. The molecule has 6 aromatic rings. The smallest absolute Gasteiger partial charge is 0.408 e. The molecule has 85 heavy (non-hydrogen) atoms. The minimum Gasteiger partial charge on any atom is -0.480 e. The molecule has 10 rings (SSSR count). The van der Waals surface area contributed by atoms with E-state index in [1.54, 1.807) is 126 Å². The highest BCUT2D eigenvalue weighted by atomic mass is 19.3. The Hall–Kier alpha value is -9.22. The van der Waals surface area contributed by atoms with Crippen molar-refractivity contribution in [2.24, 2.45) is 10.8 Å². The third-order valence-electron chi connectivity index (χ3n) is 14.4. The number of rotatable bonds is 2. The number of aliphatic carboxylic acids is 1. The van der Waals surface area contributed by atoms with Gasteiger partial charge >= 0.3 is 24.1 Å². The zero-order valence-corrected chi connectivity index (χ0v) is 47.4. The molecule has 0 aliphatic carbocycles. The van der Waals surface area contributed by atoms with Crippen LogP contribution in [-0.2, 0) is 33.4 Å². The third-order valence-corrected chi connectivity index (χ3v) is 14.4. The maximum atomic E-state index is 14.7. The summed E-state index contributed by atoms with van der Waals surface area (Å²) in [7, 11) is 1.21. The number of nitrogens with one attached hydrogen (secondary N) is 2. The Morgan fingerprint density at radius 2 is 0.976 bits per heavy atom. The molecule has 0 spiro atoms. The van der Waals surface area contributed by atoms with Crippen molar-refractivity contribution in [3.05, 3.63) is 120 Å². The molecular formula is C61H62F4N8O12. The fraction of sp³-hybridized carbons (Fsp3) is 0.377. The van der Waals surface area contributed by atoms with E-state index in [9.17, 15) is 51.4 Å². The van der Waals surface area contributed by atoms with Gasteiger partial charge in [-0.1, -0.05) is 114 Å². The van der Waals surface area contributed by atoms with Crippen LogP contribution in [0.2, 0.25) is 0 Å². The van der Waals surface area contributed by atoms with Crippen LogP contribution in [0, 0.1) is 10.8 Å². The number of amides is 4. The summed E-state index contributed by atoms with van der Waals surface area (Å²) >= 11 is 0. The molecule has 446 valence electrons. The fourth-order valence-corrected chi connectivity index (χ4v) is 10.1. The van der Waals surface area contributed by atoms with Crippen LogP contribution in [0.5, 0.6) is 11.8 Å². The zero-order chi connectivity index (χ0) is 61.2. The van der Waals surface area contributed by atoms with Gasteiger partial charge in [0.2, 0.25) is 23.6 Å². The van der Waals surface area contributed by atoms with Crippen molar-refractivity contribution < 1.29 is 75.1 Å². The summed E-state index contributed by atoms with van der Waals surface area (Å²) in [5, 5.41) is 14.8. The predicted octanol–water partition coefficient (Wildman–Crippen LogP) is 9.15. The van der Waals surface area contributed by atoms with Crippen LogP contribution in [0.25, 0.3) is 56.7 Å². The van der Waals surface area contributed by atoms with E-state index in [2.05, 4.69) is 15.6 Å². The number of para-hydroxylation sites is 4. The van der Waals surface area contributed by atoms with Gasteiger partial charge in [0.1, 0.15) is 47.8 Å². The number of hydrogen-bond donors (Lipinski definition) is 3. The topological polar surface area (TPSA) is 251 Å². The lowest BCUT2D eigenvalue weighted by molar-refractivity contribution is -0.152. The van der Waals surface area contributed by atoms with Crippen LogP contribution >= 0.6 is 0 Å². The van der Waals surface area contributed by atoms with E-state index in [-0.39, 0.29) is 37.7 Å². The van der Waals surface area contributed by atoms with Gasteiger partial charge in [0.15, 0.2) is 13.2 Å². The van der Waals surface area contributed by atoms with E-state index < -0.39 is 108 Å². The summed E-state index contributed by atoms with van der Waals surface area (Å²) in [6.07, 6.45) is -0.137. The number of methoxy groups -OCH3 is 1. The number of nitrogens with zero attached hydrogens (tertiary/aromatic N) is 6. The third kappa shape index (κ3) is 14.2. The first-order valence-electron chi connectivity index (χ1n) is 27.2. The van der Waals surface area contributed by atoms with Gasteiger partial charge in [0, 0.05) is 24.0 Å². The molecule has 8 bridgehead atoms. The Morgan fingerprint density at radius 3 is 1.36 bits per heavy atom. The van der Waals surface area contributed by atoms with Gasteiger partial charge in [-0.05, 0) is 70.5 Å². The van der Waals surface area contributed by atoms with Crippen molar-refractivity contribution in [2.45, 2.75) is 103 Å². The molecule has 0 unspecified atom stereocenters. The van der Waals surface area contributed by atoms with Gasteiger partial charge < -0.3 is 49.2 Å². The number of aromatic nitrogens is 4. The summed E-state index contributed by atoms with van der Waals surface area (Å²) in [5.74, 6) is -9.99. The number of hydrogen-bond acceptors (Lipinski definition) is 15. The lowest BCUT2D eigenvalue weighted by Gasteiger charge is -2.34. The highest BCUT2D eigenvalue weighted by Crippen LogP contribution is 2.37. The second-order valence-corrected chi connectivity index (χ2v) is 23.0. The molecule has 2 fully saturated rings. The number of carboxylic acids is 1. The fourth-order valence-electron chi connectivity index (χ4n) is 10.1. The molecule has 0 radical (unpaired) electrons. The summed E-state index contributed by atoms with van der Waals surface area (Å²) < 4.78 is 86.1. The van der Waals surface area contributed by atoms with Crippen molar-refractivity contribution >= 4 is 70.2 Å². The van der Waals surface area contributed by atoms with Crippen LogP contribution in [0.4, 0.5) is 27.2 Å². The van der Waals surface area contributed by atoms with Gasteiger partial charge in [-0.2, -0.15) is 17.6 Å². The first-order valence-corrected chi connectivity index (χ1v) is 27.2. The van der Waals surface area contributed by atoms with E-state index in [1.165, 1.54) is 24.2 Å². The maximum absolute atomic E-state index is 14.7. The zero-order valence-electron chi connectivity index (χ0n) is 47.4. The monoisotopic (exact) mass is 1170 g/mol. The minimum atomic E-state index is -3.52. The van der Waals surface area contributed by atoms with Crippen molar-refractivity contribution in [3.8, 4) is 34.3 Å². The van der Waals surface area contributed by atoms with E-state index in [4.69, 9.17) is 38.6 Å². The van der Waals surface area contributed by atoms with Gasteiger partial charge in [0.05, 0.1) is 42.3 Å². The molecule has 4 amide bonds. The Bertz CT molecular complexity index is 3630. The number of halogens is 4. The van der Waals surface area contributed by atoms with E-state index in [0.29, 0.717) is 67.9 Å². The molecule has 20 nitrogen and oxygen atoms in total. The number of carbonyl (C=O) groups excluding carboxylic acids is 5. The predicted molar refractivity (Wildman–Crippen MR) is 302 cm³/mol. The lowest BCUT2D eigenvalue weighted by Crippen LogP contribution is -2.57. The molecule has 4 aromatic carbocycles. The molecule has 24 heteroatoms. The largest absolute Gasteiger partial charge is 0.480 e. The molecule has 6 heterocycles. The first kappa shape index (κ1) is 60.4. The number of ether oxygens (including phenoxy) is 5. The number of esters is 1. The Balaban J connectivity index is 0.000000204. The van der Waals surface area contributed by atoms with Gasteiger partial charge in [-0.25, -0.2) is 39.1 Å². The molecule has 6 atom stereocenters. The van der Waals surface area contributed by atoms with Crippen LogP contribution in [0.1, 0.15) is 65.5 Å². The van der Waals surface area contributed by atoms with Crippen LogP contribution < -0.4 is 20.1 Å². The quantitative estimate of drug-likeness (QED) is 0.0830. The van der Waals surface area contributed by atoms with Crippen molar-refractivity contribution in [3.63, 3.8) is 0 Å². The molecule has 0 saturated carbocycles. The van der Waals surface area contributed by atoms with Crippen molar-refractivity contribution in [1.29, 1.82) is 0 Å².